The van der Waals surface area contributed by atoms with Gasteiger partial charge in [-0.1, -0.05) is 29.4 Å². The smallest absolute Gasteiger partial charge is 0.229 e. The van der Waals surface area contributed by atoms with E-state index in [0.717, 1.165) is 16.7 Å². The van der Waals surface area contributed by atoms with Gasteiger partial charge in [0.1, 0.15) is 11.4 Å². The van der Waals surface area contributed by atoms with Crippen molar-refractivity contribution < 1.29 is 14.1 Å². The Morgan fingerprint density at radius 2 is 1.92 bits per heavy atom. The Morgan fingerprint density at radius 3 is 2.62 bits per heavy atom. The Kier molecular flexibility index (Phi) is 4.79. The van der Waals surface area contributed by atoms with Crippen molar-refractivity contribution in [1.29, 1.82) is 0 Å². The van der Waals surface area contributed by atoms with Crippen LogP contribution in [0.1, 0.15) is 18.2 Å². The van der Waals surface area contributed by atoms with E-state index >= 15 is 0 Å². The molecule has 5 heteroatoms. The van der Waals surface area contributed by atoms with Crippen molar-refractivity contribution in [3.63, 3.8) is 0 Å². The molecule has 0 aliphatic carbocycles. The summed E-state index contributed by atoms with van der Waals surface area (Å²) in [5, 5.41) is 4.94. The highest BCUT2D eigenvalue weighted by molar-refractivity contribution is 5.86. The van der Waals surface area contributed by atoms with Crippen molar-refractivity contribution in [2.75, 3.05) is 13.7 Å². The lowest BCUT2D eigenvalue weighted by molar-refractivity contribution is -0.130. The van der Waals surface area contributed by atoms with Gasteiger partial charge in [-0.15, -0.1) is 0 Å². The van der Waals surface area contributed by atoms with Crippen LogP contribution in [-0.2, 0) is 17.8 Å². The van der Waals surface area contributed by atoms with Crippen molar-refractivity contribution in [2.45, 2.75) is 19.9 Å². The largest absolute Gasteiger partial charge is 0.497 e. The van der Waals surface area contributed by atoms with Crippen LogP contribution in [0.25, 0.3) is 11.0 Å². The van der Waals surface area contributed by atoms with Crippen molar-refractivity contribution >= 4 is 16.9 Å². The van der Waals surface area contributed by atoms with E-state index in [1.54, 1.807) is 7.11 Å². The number of benzene rings is 2. The maximum absolute atomic E-state index is 12.6. The molecule has 0 saturated heterocycles. The predicted octanol–water partition coefficient (Wildman–Crippen LogP) is 3.43. The predicted molar refractivity (Wildman–Crippen MR) is 91.8 cm³/mol. The van der Waals surface area contributed by atoms with Gasteiger partial charge in [0, 0.05) is 18.5 Å². The summed E-state index contributed by atoms with van der Waals surface area (Å²) < 4.78 is 10.4. The molecule has 0 aliphatic heterocycles. The molecule has 5 nitrogen and oxygen atoms in total. The van der Waals surface area contributed by atoms with Crippen LogP contribution >= 0.6 is 0 Å². The van der Waals surface area contributed by atoms with Crippen LogP contribution < -0.4 is 4.74 Å². The van der Waals surface area contributed by atoms with Crippen molar-refractivity contribution in [1.82, 2.24) is 10.1 Å². The number of ether oxygens (including phenoxy) is 1. The number of amides is 1. The standard InChI is InChI=1S/C19H20N2O3/c1-3-21(13-14-8-10-15(23-2)11-9-14)19(22)12-17-16-6-4-5-7-18(16)24-20-17/h4-11H,3,12-13H2,1-2H3. The highest BCUT2D eigenvalue weighted by Crippen LogP contribution is 2.19. The highest BCUT2D eigenvalue weighted by Gasteiger charge is 2.17. The minimum absolute atomic E-state index is 0.0346. The molecule has 3 rings (SSSR count). The third kappa shape index (κ3) is 3.40. The van der Waals surface area contributed by atoms with Gasteiger partial charge in [-0.25, -0.2) is 0 Å². The van der Waals surface area contributed by atoms with Crippen LogP contribution in [0, 0.1) is 0 Å². The van der Waals surface area contributed by atoms with Crippen LogP contribution in [0.3, 0.4) is 0 Å². The van der Waals surface area contributed by atoms with Gasteiger partial charge in [-0.2, -0.15) is 0 Å². The van der Waals surface area contributed by atoms with Gasteiger partial charge >= 0.3 is 0 Å². The van der Waals surface area contributed by atoms with Crippen LogP contribution in [-0.4, -0.2) is 29.6 Å². The van der Waals surface area contributed by atoms with Crippen molar-refractivity contribution in [3.8, 4) is 5.75 Å². The number of para-hydroxylation sites is 1. The van der Waals surface area contributed by atoms with Crippen molar-refractivity contribution in [2.24, 2.45) is 0 Å². The molecule has 0 radical (unpaired) electrons. The van der Waals surface area contributed by atoms with E-state index in [9.17, 15) is 4.79 Å². The first-order valence-corrected chi connectivity index (χ1v) is 7.95. The molecule has 0 fully saturated rings. The summed E-state index contributed by atoms with van der Waals surface area (Å²) in [4.78, 5) is 14.4. The maximum atomic E-state index is 12.6. The van der Waals surface area contributed by atoms with Gasteiger partial charge in [-0.3, -0.25) is 4.79 Å². The number of carbonyl (C=O) groups excluding carboxylic acids is 1. The summed E-state index contributed by atoms with van der Waals surface area (Å²) in [6.45, 7) is 3.18. The van der Waals surface area contributed by atoms with Gasteiger partial charge < -0.3 is 14.2 Å². The third-order valence-electron chi connectivity index (χ3n) is 4.04. The number of likely N-dealkylation sites (N-methyl/N-ethyl adjacent to an activating group) is 1. The summed E-state index contributed by atoms with van der Waals surface area (Å²) in [7, 11) is 1.64. The molecular weight excluding hydrogens is 304 g/mol. The second-order valence-electron chi connectivity index (χ2n) is 5.56. The molecule has 0 aliphatic rings. The zero-order chi connectivity index (χ0) is 16.9. The van der Waals surface area contributed by atoms with Crippen molar-refractivity contribution in [3.05, 3.63) is 59.8 Å². The molecule has 1 aromatic heterocycles. The molecule has 0 bridgehead atoms. The van der Waals surface area contributed by atoms with Crippen LogP contribution in [0.2, 0.25) is 0 Å². The Balaban J connectivity index is 1.71. The third-order valence-corrected chi connectivity index (χ3v) is 4.04. The lowest BCUT2D eigenvalue weighted by Gasteiger charge is -2.20. The number of rotatable bonds is 6. The zero-order valence-electron chi connectivity index (χ0n) is 13.9. The summed E-state index contributed by atoms with van der Waals surface area (Å²) in [5.74, 6) is 0.842. The average molecular weight is 324 g/mol. The molecule has 3 aromatic rings. The summed E-state index contributed by atoms with van der Waals surface area (Å²) >= 11 is 0. The van der Waals surface area contributed by atoms with Gasteiger partial charge in [0.25, 0.3) is 0 Å². The number of hydrogen-bond donors (Lipinski definition) is 0. The van der Waals surface area contributed by atoms with E-state index in [2.05, 4.69) is 5.16 Å². The fraction of sp³-hybridized carbons (Fsp3) is 0.263. The van der Waals surface area contributed by atoms with E-state index in [0.29, 0.717) is 24.4 Å². The Hall–Kier alpha value is -2.82. The normalized spacial score (nSPS) is 10.8. The highest BCUT2D eigenvalue weighted by atomic mass is 16.5. The Bertz CT molecular complexity index is 824. The molecule has 0 atom stereocenters. The van der Waals surface area contributed by atoms with Crippen LogP contribution in [0.15, 0.2) is 53.1 Å². The Morgan fingerprint density at radius 1 is 1.17 bits per heavy atom. The SMILES string of the molecule is CCN(Cc1ccc(OC)cc1)C(=O)Cc1noc2ccccc12. The molecule has 0 saturated carbocycles. The number of hydrogen-bond acceptors (Lipinski definition) is 4. The van der Waals surface area contributed by atoms with E-state index in [-0.39, 0.29) is 12.3 Å². The summed E-state index contributed by atoms with van der Waals surface area (Å²) in [6, 6.07) is 15.3. The van der Waals surface area contributed by atoms with Gasteiger partial charge in [0.15, 0.2) is 5.58 Å². The quantitative estimate of drug-likeness (QED) is 0.697. The van der Waals surface area contributed by atoms with Crippen LogP contribution in [0.4, 0.5) is 0 Å². The van der Waals surface area contributed by atoms with E-state index in [4.69, 9.17) is 9.26 Å². The lowest BCUT2D eigenvalue weighted by atomic mass is 10.1. The fourth-order valence-corrected chi connectivity index (χ4v) is 2.65. The molecule has 0 unspecified atom stereocenters. The Labute approximate surface area is 140 Å². The number of nitrogens with zero attached hydrogens (tertiary/aromatic N) is 2. The molecule has 1 heterocycles. The first-order valence-electron chi connectivity index (χ1n) is 7.95. The van der Waals surface area contributed by atoms with Gasteiger partial charge in [0.2, 0.25) is 5.91 Å². The van der Waals surface area contributed by atoms with E-state index < -0.39 is 0 Å². The molecule has 0 N–H and O–H groups in total. The first kappa shape index (κ1) is 16.1. The van der Waals surface area contributed by atoms with E-state index in [1.165, 1.54) is 0 Å². The second-order valence-corrected chi connectivity index (χ2v) is 5.56. The van der Waals surface area contributed by atoms with Crippen LogP contribution in [0.5, 0.6) is 5.75 Å². The van der Waals surface area contributed by atoms with E-state index in [1.807, 2.05) is 60.4 Å². The number of methoxy groups -OCH3 is 1. The molecule has 124 valence electrons. The molecule has 2 aromatic carbocycles. The molecule has 24 heavy (non-hydrogen) atoms. The second kappa shape index (κ2) is 7.17. The minimum atomic E-state index is 0.0346. The maximum Gasteiger partial charge on any atom is 0.229 e. The average Bonchev–Trinajstić information content (AvgIpc) is 3.03. The van der Waals surface area contributed by atoms with Gasteiger partial charge in [0.05, 0.1) is 13.5 Å². The minimum Gasteiger partial charge on any atom is -0.497 e. The fourth-order valence-electron chi connectivity index (χ4n) is 2.65. The number of carbonyl (C=O) groups is 1. The number of aromatic nitrogens is 1. The first-order chi connectivity index (χ1) is 11.7. The molecular formula is C19H20N2O3. The number of fused-ring (bicyclic) bond motifs is 1. The summed E-state index contributed by atoms with van der Waals surface area (Å²) in [6.07, 6.45) is 0.237. The monoisotopic (exact) mass is 324 g/mol. The lowest BCUT2D eigenvalue weighted by Crippen LogP contribution is -2.31. The summed E-state index contributed by atoms with van der Waals surface area (Å²) in [5.41, 5.74) is 2.46. The zero-order valence-corrected chi connectivity index (χ0v) is 13.9. The van der Waals surface area contributed by atoms with Gasteiger partial charge in [-0.05, 0) is 36.8 Å². The molecule has 0 spiro atoms. The molecule has 1 amide bonds. The topological polar surface area (TPSA) is 55.6 Å².